The number of hydrogen-bond donors (Lipinski definition) is 0. The highest BCUT2D eigenvalue weighted by Crippen LogP contribution is 2.30. The van der Waals surface area contributed by atoms with E-state index >= 15 is 0 Å². The number of halogens is 1. The van der Waals surface area contributed by atoms with Crippen molar-refractivity contribution in [1.29, 1.82) is 0 Å². The van der Waals surface area contributed by atoms with Crippen LogP contribution in [0.1, 0.15) is 17.3 Å². The number of amides is 1. The first-order valence-corrected chi connectivity index (χ1v) is 7.27. The standard InChI is InChI=1S/C12H13ClN2O3S/c1-8-7-14(5-6-19-8)12(16)9-3-2-4-10(13)11(9)15(17)18/h2-4,8H,5-7H2,1H3. The van der Waals surface area contributed by atoms with Gasteiger partial charge < -0.3 is 4.90 Å². The minimum atomic E-state index is -0.600. The summed E-state index contributed by atoms with van der Waals surface area (Å²) in [5.41, 5.74) is -0.239. The molecule has 0 saturated carbocycles. The van der Waals surface area contributed by atoms with E-state index in [2.05, 4.69) is 0 Å². The average Bonchev–Trinajstić information content (AvgIpc) is 2.37. The topological polar surface area (TPSA) is 63.5 Å². The molecule has 2 rings (SSSR count). The van der Waals surface area contributed by atoms with E-state index in [0.29, 0.717) is 18.3 Å². The maximum atomic E-state index is 12.4. The number of rotatable bonds is 2. The molecule has 1 atom stereocenters. The lowest BCUT2D eigenvalue weighted by Crippen LogP contribution is -2.41. The van der Waals surface area contributed by atoms with Crippen molar-refractivity contribution in [3.05, 3.63) is 38.9 Å². The highest BCUT2D eigenvalue weighted by molar-refractivity contribution is 7.99. The van der Waals surface area contributed by atoms with Crippen LogP contribution in [-0.4, -0.2) is 39.8 Å². The van der Waals surface area contributed by atoms with Gasteiger partial charge in [0.1, 0.15) is 10.6 Å². The summed E-state index contributed by atoms with van der Waals surface area (Å²) in [6.07, 6.45) is 0. The molecular formula is C12H13ClN2O3S. The van der Waals surface area contributed by atoms with Gasteiger partial charge >= 0.3 is 5.69 Å². The van der Waals surface area contributed by atoms with Gasteiger partial charge in [-0.1, -0.05) is 24.6 Å². The number of nitro groups is 1. The van der Waals surface area contributed by atoms with Crippen molar-refractivity contribution < 1.29 is 9.72 Å². The molecule has 1 amide bonds. The van der Waals surface area contributed by atoms with Gasteiger partial charge in [0.05, 0.1) is 4.92 Å². The van der Waals surface area contributed by atoms with Gasteiger partial charge in [-0.2, -0.15) is 11.8 Å². The molecule has 5 nitrogen and oxygen atoms in total. The first-order chi connectivity index (χ1) is 9.00. The molecular weight excluding hydrogens is 288 g/mol. The van der Waals surface area contributed by atoms with Crippen molar-refractivity contribution in [2.24, 2.45) is 0 Å². The number of carbonyl (C=O) groups excluding carboxylic acids is 1. The number of hydrogen-bond acceptors (Lipinski definition) is 4. The maximum Gasteiger partial charge on any atom is 0.300 e. The lowest BCUT2D eigenvalue weighted by atomic mass is 10.1. The quantitative estimate of drug-likeness (QED) is 0.622. The van der Waals surface area contributed by atoms with E-state index in [1.165, 1.54) is 12.1 Å². The van der Waals surface area contributed by atoms with E-state index in [4.69, 9.17) is 11.6 Å². The molecule has 0 radical (unpaired) electrons. The third-order valence-electron chi connectivity index (χ3n) is 2.93. The van der Waals surface area contributed by atoms with E-state index in [-0.39, 0.29) is 22.2 Å². The summed E-state index contributed by atoms with van der Waals surface area (Å²) < 4.78 is 0. The van der Waals surface area contributed by atoms with Gasteiger partial charge in [-0.25, -0.2) is 0 Å². The Morgan fingerprint density at radius 3 is 2.95 bits per heavy atom. The van der Waals surface area contributed by atoms with Gasteiger partial charge in [0.2, 0.25) is 0 Å². The van der Waals surface area contributed by atoms with Crippen LogP contribution in [0, 0.1) is 10.1 Å². The van der Waals surface area contributed by atoms with Gasteiger partial charge in [-0.15, -0.1) is 0 Å². The van der Waals surface area contributed by atoms with E-state index in [1.807, 2.05) is 6.92 Å². The van der Waals surface area contributed by atoms with Crippen molar-refractivity contribution in [3.63, 3.8) is 0 Å². The SMILES string of the molecule is CC1CN(C(=O)c2cccc(Cl)c2[N+](=O)[O-])CCS1. The van der Waals surface area contributed by atoms with Gasteiger partial charge in [0, 0.05) is 24.1 Å². The fraction of sp³-hybridized carbons (Fsp3) is 0.417. The summed E-state index contributed by atoms with van der Waals surface area (Å²) in [4.78, 5) is 24.5. The molecule has 1 fully saturated rings. The zero-order valence-corrected chi connectivity index (χ0v) is 11.9. The second-order valence-electron chi connectivity index (χ2n) is 4.33. The monoisotopic (exact) mass is 300 g/mol. The van der Waals surface area contributed by atoms with Crippen LogP contribution in [0.25, 0.3) is 0 Å². The summed E-state index contributed by atoms with van der Waals surface area (Å²) in [5.74, 6) is 0.530. The van der Waals surface area contributed by atoms with Crippen molar-refractivity contribution in [1.82, 2.24) is 4.90 Å². The molecule has 0 spiro atoms. The number of thioether (sulfide) groups is 1. The van der Waals surface area contributed by atoms with E-state index in [0.717, 1.165) is 5.75 Å². The van der Waals surface area contributed by atoms with Crippen LogP contribution in [-0.2, 0) is 0 Å². The Morgan fingerprint density at radius 2 is 2.32 bits per heavy atom. The highest BCUT2D eigenvalue weighted by atomic mass is 35.5. The Balaban J connectivity index is 2.33. The Labute approximate surface area is 120 Å². The zero-order valence-electron chi connectivity index (χ0n) is 10.3. The molecule has 1 heterocycles. The lowest BCUT2D eigenvalue weighted by molar-refractivity contribution is -0.385. The average molecular weight is 301 g/mol. The molecule has 7 heteroatoms. The van der Waals surface area contributed by atoms with Crippen LogP contribution in [0.5, 0.6) is 0 Å². The molecule has 1 aromatic rings. The molecule has 1 saturated heterocycles. The minimum Gasteiger partial charge on any atom is -0.336 e. The smallest absolute Gasteiger partial charge is 0.300 e. The molecule has 0 bridgehead atoms. The molecule has 0 aromatic heterocycles. The lowest BCUT2D eigenvalue weighted by Gasteiger charge is -2.30. The fourth-order valence-corrected chi connectivity index (χ4v) is 3.30. The Morgan fingerprint density at radius 1 is 1.58 bits per heavy atom. The third kappa shape index (κ3) is 3.01. The van der Waals surface area contributed by atoms with Crippen LogP contribution in [0.4, 0.5) is 5.69 Å². The molecule has 0 N–H and O–H groups in total. The van der Waals surface area contributed by atoms with Gasteiger partial charge in [-0.05, 0) is 12.1 Å². The third-order valence-corrected chi connectivity index (χ3v) is 4.37. The van der Waals surface area contributed by atoms with Gasteiger partial charge in [0.25, 0.3) is 5.91 Å². The largest absolute Gasteiger partial charge is 0.336 e. The first kappa shape index (κ1) is 14.1. The predicted molar refractivity (Wildman–Crippen MR) is 75.9 cm³/mol. The van der Waals surface area contributed by atoms with Gasteiger partial charge in [0.15, 0.2) is 0 Å². The number of benzene rings is 1. The normalized spacial score (nSPS) is 19.3. The van der Waals surface area contributed by atoms with Crippen LogP contribution < -0.4 is 0 Å². The maximum absolute atomic E-state index is 12.4. The van der Waals surface area contributed by atoms with E-state index < -0.39 is 4.92 Å². The van der Waals surface area contributed by atoms with E-state index in [1.54, 1.807) is 22.7 Å². The number of nitrogens with zero attached hydrogens (tertiary/aromatic N) is 2. The molecule has 19 heavy (non-hydrogen) atoms. The summed E-state index contributed by atoms with van der Waals surface area (Å²) in [6.45, 7) is 3.25. The molecule has 1 unspecified atom stereocenters. The van der Waals surface area contributed by atoms with E-state index in [9.17, 15) is 14.9 Å². The van der Waals surface area contributed by atoms with Crippen LogP contribution >= 0.6 is 23.4 Å². The number of para-hydroxylation sites is 1. The Kier molecular flexibility index (Phi) is 4.31. The second kappa shape index (κ2) is 5.79. The Bertz CT molecular complexity index is 524. The van der Waals surface area contributed by atoms with Crippen LogP contribution in [0.3, 0.4) is 0 Å². The highest BCUT2D eigenvalue weighted by Gasteiger charge is 2.29. The summed E-state index contributed by atoms with van der Waals surface area (Å²) in [5, 5.41) is 11.4. The van der Waals surface area contributed by atoms with Crippen molar-refractivity contribution >= 4 is 35.0 Å². The first-order valence-electron chi connectivity index (χ1n) is 5.84. The minimum absolute atomic E-state index is 0.00437. The zero-order chi connectivity index (χ0) is 14.0. The number of nitro benzene ring substituents is 1. The van der Waals surface area contributed by atoms with Gasteiger partial charge in [-0.3, -0.25) is 14.9 Å². The van der Waals surface area contributed by atoms with Crippen molar-refractivity contribution in [3.8, 4) is 0 Å². The molecule has 1 aliphatic rings. The molecule has 1 aliphatic heterocycles. The Hall–Kier alpha value is -1.27. The molecule has 1 aromatic carbocycles. The fourth-order valence-electron chi connectivity index (χ4n) is 2.05. The van der Waals surface area contributed by atoms with Crippen LogP contribution in [0.15, 0.2) is 18.2 Å². The van der Waals surface area contributed by atoms with Crippen LogP contribution in [0.2, 0.25) is 5.02 Å². The van der Waals surface area contributed by atoms with Crippen molar-refractivity contribution in [2.45, 2.75) is 12.2 Å². The summed E-state index contributed by atoms with van der Waals surface area (Å²) >= 11 is 7.61. The summed E-state index contributed by atoms with van der Waals surface area (Å²) in [6, 6.07) is 4.44. The van der Waals surface area contributed by atoms with Crippen molar-refractivity contribution in [2.75, 3.05) is 18.8 Å². The molecule has 0 aliphatic carbocycles. The number of carbonyl (C=O) groups is 1. The summed E-state index contributed by atoms with van der Waals surface area (Å²) in [7, 11) is 0. The molecule has 102 valence electrons. The second-order valence-corrected chi connectivity index (χ2v) is 6.28. The predicted octanol–water partition coefficient (Wildman–Crippen LogP) is 2.83.